The van der Waals surface area contributed by atoms with Gasteiger partial charge in [0.25, 0.3) is 5.91 Å². The van der Waals surface area contributed by atoms with Gasteiger partial charge in [0.15, 0.2) is 11.5 Å². The number of morpholine rings is 1. The lowest BCUT2D eigenvalue weighted by Crippen LogP contribution is -2.40. The predicted octanol–water partition coefficient (Wildman–Crippen LogP) is 4.37. The van der Waals surface area contributed by atoms with E-state index in [1.165, 1.54) is 6.08 Å². The second kappa shape index (κ2) is 9.79. The summed E-state index contributed by atoms with van der Waals surface area (Å²) in [7, 11) is 0. The quantitative estimate of drug-likeness (QED) is 0.555. The number of anilines is 1. The topological polar surface area (TPSA) is 90.2 Å². The van der Waals surface area contributed by atoms with Crippen LogP contribution in [0.1, 0.15) is 22.5 Å². The van der Waals surface area contributed by atoms with Gasteiger partial charge in [-0.1, -0.05) is 23.7 Å². The minimum Gasteiger partial charge on any atom is -0.489 e. The molecule has 2 aliphatic rings. The Balaban J connectivity index is 1.39. The van der Waals surface area contributed by atoms with E-state index in [1.54, 1.807) is 35.2 Å². The molecule has 0 radical (unpaired) electrons. The van der Waals surface area contributed by atoms with Crippen LogP contribution in [0.15, 0.2) is 46.9 Å². The average Bonchev–Trinajstić information content (AvgIpc) is 3.04. The number of halogens is 1. The summed E-state index contributed by atoms with van der Waals surface area (Å²) in [4.78, 5) is 27.6. The summed E-state index contributed by atoms with van der Waals surface area (Å²) in [5.74, 6) is 0.462. The van der Waals surface area contributed by atoms with Crippen LogP contribution in [-0.2, 0) is 9.53 Å². The lowest BCUT2D eigenvalue weighted by Gasteiger charge is -2.26. The Hall–Kier alpha value is -3.49. The molecular formula is C25H23ClN2O6. The van der Waals surface area contributed by atoms with Gasteiger partial charge in [0.1, 0.15) is 11.3 Å². The fourth-order valence-corrected chi connectivity index (χ4v) is 4.19. The Morgan fingerprint density at radius 2 is 1.82 bits per heavy atom. The third kappa shape index (κ3) is 4.60. The van der Waals surface area contributed by atoms with Crippen molar-refractivity contribution in [2.24, 2.45) is 0 Å². The van der Waals surface area contributed by atoms with Crippen molar-refractivity contribution in [2.45, 2.75) is 6.42 Å². The smallest absolute Gasteiger partial charge is 0.291 e. The van der Waals surface area contributed by atoms with Gasteiger partial charge in [-0.25, -0.2) is 0 Å². The number of hydrogen-bond donors (Lipinski definition) is 1. The molecule has 5 rings (SSSR count). The molecule has 1 N–H and O–H groups in total. The van der Waals surface area contributed by atoms with Crippen LogP contribution in [-0.4, -0.2) is 56.2 Å². The minimum atomic E-state index is -0.411. The first-order valence-corrected chi connectivity index (χ1v) is 11.4. The monoisotopic (exact) mass is 482 g/mol. The molecule has 3 aromatic rings. The van der Waals surface area contributed by atoms with E-state index in [4.69, 9.17) is 30.2 Å². The molecule has 0 atom stereocenters. The molecule has 34 heavy (non-hydrogen) atoms. The van der Waals surface area contributed by atoms with Gasteiger partial charge in [0, 0.05) is 31.0 Å². The number of rotatable bonds is 4. The van der Waals surface area contributed by atoms with Crippen LogP contribution in [0.4, 0.5) is 5.69 Å². The fraction of sp³-hybridized carbons (Fsp3) is 0.280. The highest BCUT2D eigenvalue weighted by molar-refractivity contribution is 6.32. The van der Waals surface area contributed by atoms with E-state index in [2.05, 4.69) is 5.32 Å². The van der Waals surface area contributed by atoms with Crippen molar-refractivity contribution in [1.82, 2.24) is 4.90 Å². The third-order valence-electron chi connectivity index (χ3n) is 5.59. The molecule has 8 nitrogen and oxygen atoms in total. The number of hydrogen-bond acceptors (Lipinski definition) is 6. The summed E-state index contributed by atoms with van der Waals surface area (Å²) < 4.78 is 22.5. The van der Waals surface area contributed by atoms with Crippen LogP contribution < -0.4 is 14.8 Å². The first-order chi connectivity index (χ1) is 16.6. The van der Waals surface area contributed by atoms with Crippen LogP contribution in [0.3, 0.4) is 0 Å². The molecule has 2 amide bonds. The molecule has 0 unspecified atom stereocenters. The zero-order valence-corrected chi connectivity index (χ0v) is 19.1. The highest BCUT2D eigenvalue weighted by Gasteiger charge is 2.27. The van der Waals surface area contributed by atoms with Gasteiger partial charge in [0.05, 0.1) is 31.5 Å². The molecule has 1 saturated heterocycles. The van der Waals surface area contributed by atoms with Crippen molar-refractivity contribution >= 4 is 46.1 Å². The van der Waals surface area contributed by atoms with E-state index in [-0.39, 0.29) is 11.7 Å². The molecule has 0 spiro atoms. The number of benzene rings is 2. The van der Waals surface area contributed by atoms with Crippen LogP contribution in [0.5, 0.6) is 11.5 Å². The maximum Gasteiger partial charge on any atom is 0.291 e. The number of para-hydroxylation sites is 1. The molecule has 0 aliphatic carbocycles. The fourth-order valence-electron chi connectivity index (χ4n) is 3.91. The van der Waals surface area contributed by atoms with Gasteiger partial charge >= 0.3 is 0 Å². The van der Waals surface area contributed by atoms with Gasteiger partial charge in [0.2, 0.25) is 11.7 Å². The number of ether oxygens (including phenoxy) is 3. The minimum absolute atomic E-state index is 0.100. The van der Waals surface area contributed by atoms with Gasteiger partial charge in [-0.2, -0.15) is 0 Å². The van der Waals surface area contributed by atoms with Crippen molar-refractivity contribution < 1.29 is 28.2 Å². The van der Waals surface area contributed by atoms with Crippen LogP contribution in [0.25, 0.3) is 17.0 Å². The summed E-state index contributed by atoms with van der Waals surface area (Å²) in [5.41, 5.74) is 1.55. The molecular weight excluding hydrogens is 460 g/mol. The Kier molecular flexibility index (Phi) is 6.42. The lowest BCUT2D eigenvalue weighted by molar-refractivity contribution is -0.111. The number of nitrogens with zero attached hydrogens (tertiary/aromatic N) is 1. The number of carbonyl (C=O) groups excluding carboxylic acids is 2. The Bertz CT molecular complexity index is 1260. The summed E-state index contributed by atoms with van der Waals surface area (Å²) in [5, 5.41) is 3.89. The van der Waals surface area contributed by atoms with E-state index < -0.39 is 5.91 Å². The number of carbonyl (C=O) groups is 2. The first-order valence-electron chi connectivity index (χ1n) is 11.1. The van der Waals surface area contributed by atoms with Gasteiger partial charge < -0.3 is 28.8 Å². The zero-order chi connectivity index (χ0) is 23.5. The van der Waals surface area contributed by atoms with E-state index in [0.717, 1.165) is 6.42 Å². The highest BCUT2D eigenvalue weighted by Crippen LogP contribution is 2.38. The maximum absolute atomic E-state index is 13.1. The molecule has 176 valence electrons. The van der Waals surface area contributed by atoms with Crippen LogP contribution in [0.2, 0.25) is 5.02 Å². The molecule has 2 aromatic carbocycles. The largest absolute Gasteiger partial charge is 0.489 e. The summed E-state index contributed by atoms with van der Waals surface area (Å²) in [6.07, 6.45) is 3.77. The van der Waals surface area contributed by atoms with E-state index in [1.807, 2.05) is 12.1 Å². The van der Waals surface area contributed by atoms with Gasteiger partial charge in [-0.15, -0.1) is 0 Å². The highest BCUT2D eigenvalue weighted by atomic mass is 35.5. The SMILES string of the molecule is O=C(/C=C/c1cc(Cl)c2c(c1)OCCCO2)Nc1c(C(=O)N2CCOCC2)oc2ccccc12. The van der Waals surface area contributed by atoms with E-state index in [0.29, 0.717) is 78.3 Å². The molecule has 3 heterocycles. The molecule has 1 aromatic heterocycles. The Morgan fingerprint density at radius 1 is 1.03 bits per heavy atom. The summed E-state index contributed by atoms with van der Waals surface area (Å²) in [6, 6.07) is 10.7. The third-order valence-corrected chi connectivity index (χ3v) is 5.87. The molecule has 0 saturated carbocycles. The Morgan fingerprint density at radius 3 is 2.68 bits per heavy atom. The molecule has 9 heteroatoms. The van der Waals surface area contributed by atoms with Crippen molar-refractivity contribution in [3.63, 3.8) is 0 Å². The van der Waals surface area contributed by atoms with Gasteiger partial charge in [-0.3, -0.25) is 9.59 Å². The number of fused-ring (bicyclic) bond motifs is 2. The second-order valence-corrected chi connectivity index (χ2v) is 8.32. The lowest BCUT2D eigenvalue weighted by atomic mass is 10.1. The summed E-state index contributed by atoms with van der Waals surface area (Å²) in [6.45, 7) is 2.93. The number of amides is 2. The van der Waals surface area contributed by atoms with Gasteiger partial charge in [-0.05, 0) is 35.9 Å². The van der Waals surface area contributed by atoms with Crippen molar-refractivity contribution in [3.8, 4) is 11.5 Å². The Labute approximate surface area is 201 Å². The average molecular weight is 483 g/mol. The molecule has 0 bridgehead atoms. The normalized spacial score (nSPS) is 16.0. The van der Waals surface area contributed by atoms with Crippen molar-refractivity contribution in [1.29, 1.82) is 0 Å². The van der Waals surface area contributed by atoms with Crippen LogP contribution in [0, 0.1) is 0 Å². The number of nitrogens with one attached hydrogen (secondary N) is 1. The predicted molar refractivity (Wildman–Crippen MR) is 128 cm³/mol. The van der Waals surface area contributed by atoms with Crippen molar-refractivity contribution in [3.05, 3.63) is 58.8 Å². The standard InChI is InChI=1S/C25H23ClN2O6/c26-18-14-16(15-20-23(18)33-11-3-10-32-20)6-7-21(29)27-22-17-4-1-2-5-19(17)34-24(22)25(30)28-8-12-31-13-9-28/h1-2,4-7,14-15H,3,8-13H2,(H,27,29)/b7-6+. The van der Waals surface area contributed by atoms with E-state index >= 15 is 0 Å². The summed E-state index contributed by atoms with van der Waals surface area (Å²) >= 11 is 6.34. The maximum atomic E-state index is 13.1. The van der Waals surface area contributed by atoms with Crippen molar-refractivity contribution in [2.75, 3.05) is 44.8 Å². The molecule has 1 fully saturated rings. The van der Waals surface area contributed by atoms with E-state index in [9.17, 15) is 9.59 Å². The zero-order valence-electron chi connectivity index (χ0n) is 18.3. The second-order valence-electron chi connectivity index (χ2n) is 7.91. The number of furan rings is 1. The first kappa shape index (κ1) is 22.3. The molecule has 2 aliphatic heterocycles. The van der Waals surface area contributed by atoms with Crippen LogP contribution >= 0.6 is 11.6 Å².